The lowest BCUT2D eigenvalue weighted by Gasteiger charge is -2.56. The molecular weight excluding hydrogens is 320 g/mol. The summed E-state index contributed by atoms with van der Waals surface area (Å²) >= 11 is 1.54. The van der Waals surface area contributed by atoms with E-state index in [0.29, 0.717) is 5.92 Å². The van der Waals surface area contributed by atoms with Crippen LogP contribution < -0.4 is 10.1 Å². The summed E-state index contributed by atoms with van der Waals surface area (Å²) < 4.78 is 6.37. The second-order valence-electron chi connectivity index (χ2n) is 7.44. The number of nitrogens with zero attached hydrogens (tertiary/aromatic N) is 1. The van der Waals surface area contributed by atoms with Crippen molar-refractivity contribution in [3.63, 3.8) is 0 Å². The van der Waals surface area contributed by atoms with Crippen molar-refractivity contribution >= 4 is 27.3 Å². The van der Waals surface area contributed by atoms with Crippen LogP contribution in [0.1, 0.15) is 36.4 Å². The molecule has 128 valence electrons. The highest BCUT2D eigenvalue weighted by Gasteiger charge is 2.48. The highest BCUT2D eigenvalue weighted by Crippen LogP contribution is 2.39. The second kappa shape index (κ2) is 5.74. The fourth-order valence-electron chi connectivity index (χ4n) is 4.34. The second-order valence-corrected chi connectivity index (χ2v) is 8.53. The third-order valence-electron chi connectivity index (χ3n) is 5.82. The molecule has 1 aromatic carbocycles. The van der Waals surface area contributed by atoms with Crippen LogP contribution in [0.4, 0.5) is 0 Å². The van der Waals surface area contributed by atoms with E-state index in [2.05, 4.69) is 24.1 Å². The fraction of sp³-hybridized carbons (Fsp3) is 0.526. The summed E-state index contributed by atoms with van der Waals surface area (Å²) in [5.41, 5.74) is 0.0384. The van der Waals surface area contributed by atoms with E-state index in [0.717, 1.165) is 33.8 Å². The SMILES string of the molecule is COc1ccc2cc(C(=O)NC3C4CCN(CC4)C3(C)C)sc2c1. The number of benzene rings is 1. The van der Waals surface area contributed by atoms with Crippen LogP contribution in [0.15, 0.2) is 24.3 Å². The number of ether oxygens (including phenoxy) is 1. The van der Waals surface area contributed by atoms with Crippen molar-refractivity contribution in [1.82, 2.24) is 10.2 Å². The molecule has 2 bridgehead atoms. The zero-order chi connectivity index (χ0) is 16.9. The zero-order valence-corrected chi connectivity index (χ0v) is 15.3. The van der Waals surface area contributed by atoms with Gasteiger partial charge in [0, 0.05) is 16.3 Å². The normalized spacial score (nSPS) is 28.0. The molecule has 1 aromatic heterocycles. The van der Waals surface area contributed by atoms with Gasteiger partial charge in [0.1, 0.15) is 5.75 Å². The molecular formula is C19H24N2O2S. The van der Waals surface area contributed by atoms with Gasteiger partial charge in [0.2, 0.25) is 0 Å². The van der Waals surface area contributed by atoms with Crippen LogP contribution in [0.5, 0.6) is 5.75 Å². The van der Waals surface area contributed by atoms with Gasteiger partial charge >= 0.3 is 0 Å². The highest BCUT2D eigenvalue weighted by atomic mass is 32.1. The maximum Gasteiger partial charge on any atom is 0.261 e. The molecule has 0 aliphatic carbocycles. The Morgan fingerprint density at radius 1 is 1.29 bits per heavy atom. The number of thiophene rings is 1. The minimum Gasteiger partial charge on any atom is -0.497 e. The van der Waals surface area contributed by atoms with Crippen LogP contribution >= 0.6 is 11.3 Å². The van der Waals surface area contributed by atoms with E-state index in [9.17, 15) is 4.79 Å². The van der Waals surface area contributed by atoms with E-state index in [1.807, 2.05) is 24.3 Å². The van der Waals surface area contributed by atoms with Gasteiger partial charge in [0.15, 0.2) is 0 Å². The number of carbonyl (C=O) groups excluding carboxylic acids is 1. The summed E-state index contributed by atoms with van der Waals surface area (Å²) in [5.74, 6) is 1.49. The number of hydrogen-bond donors (Lipinski definition) is 1. The van der Waals surface area contributed by atoms with Crippen LogP contribution in [0, 0.1) is 5.92 Å². The average Bonchev–Trinajstić information content (AvgIpc) is 3.01. The first-order valence-electron chi connectivity index (χ1n) is 8.62. The number of fused-ring (bicyclic) bond motifs is 4. The third kappa shape index (κ3) is 2.50. The van der Waals surface area contributed by atoms with Crippen molar-refractivity contribution in [2.45, 2.75) is 38.3 Å². The Labute approximate surface area is 146 Å². The van der Waals surface area contributed by atoms with Gasteiger partial charge in [-0.15, -0.1) is 11.3 Å². The van der Waals surface area contributed by atoms with Crippen molar-refractivity contribution in [3.05, 3.63) is 29.1 Å². The Morgan fingerprint density at radius 2 is 2.04 bits per heavy atom. The van der Waals surface area contributed by atoms with Crippen LogP contribution in [-0.4, -0.2) is 42.6 Å². The third-order valence-corrected chi connectivity index (χ3v) is 6.92. The number of methoxy groups -OCH3 is 1. The monoisotopic (exact) mass is 344 g/mol. The molecule has 3 aliphatic rings. The van der Waals surface area contributed by atoms with E-state index >= 15 is 0 Å². The molecule has 0 saturated carbocycles. The maximum absolute atomic E-state index is 12.9. The topological polar surface area (TPSA) is 41.6 Å². The van der Waals surface area contributed by atoms with Gasteiger partial charge in [0.25, 0.3) is 5.91 Å². The number of amides is 1. The minimum atomic E-state index is 0.0384. The molecule has 24 heavy (non-hydrogen) atoms. The molecule has 3 fully saturated rings. The summed E-state index contributed by atoms with van der Waals surface area (Å²) in [6, 6.07) is 8.16. The molecule has 2 aromatic rings. The average molecular weight is 344 g/mol. The van der Waals surface area contributed by atoms with Crippen LogP contribution in [-0.2, 0) is 0 Å². The van der Waals surface area contributed by atoms with Gasteiger partial charge in [-0.2, -0.15) is 0 Å². The Balaban J connectivity index is 1.58. The Kier molecular flexibility index (Phi) is 3.81. The molecule has 0 spiro atoms. The standard InChI is InChI=1S/C19H24N2O2S/c1-19(2)17(12-6-8-21(19)9-7-12)20-18(22)16-10-13-4-5-14(23-3)11-15(13)24-16/h4-5,10-12,17H,6-9H2,1-3H3,(H,20,22). The molecule has 3 saturated heterocycles. The van der Waals surface area contributed by atoms with Crippen LogP contribution in [0.3, 0.4) is 0 Å². The first-order valence-corrected chi connectivity index (χ1v) is 9.44. The molecule has 4 nitrogen and oxygen atoms in total. The Bertz CT molecular complexity index is 775. The quantitative estimate of drug-likeness (QED) is 0.926. The summed E-state index contributed by atoms with van der Waals surface area (Å²) in [6.07, 6.45) is 2.38. The fourth-order valence-corrected chi connectivity index (χ4v) is 5.33. The van der Waals surface area contributed by atoms with Gasteiger partial charge < -0.3 is 10.1 Å². The highest BCUT2D eigenvalue weighted by molar-refractivity contribution is 7.20. The summed E-state index contributed by atoms with van der Waals surface area (Å²) in [4.78, 5) is 16.2. The van der Waals surface area contributed by atoms with Gasteiger partial charge in [-0.25, -0.2) is 0 Å². The Hall–Kier alpha value is -1.59. The molecule has 3 aliphatic heterocycles. The summed E-state index contributed by atoms with van der Waals surface area (Å²) in [6.45, 7) is 6.84. The van der Waals surface area contributed by atoms with Gasteiger partial charge in [-0.1, -0.05) is 0 Å². The van der Waals surface area contributed by atoms with Crippen LogP contribution in [0.25, 0.3) is 10.1 Å². The minimum absolute atomic E-state index is 0.0384. The van der Waals surface area contributed by atoms with E-state index in [4.69, 9.17) is 4.74 Å². The molecule has 1 unspecified atom stereocenters. The molecule has 1 amide bonds. The first-order chi connectivity index (χ1) is 11.5. The number of carbonyl (C=O) groups is 1. The predicted octanol–water partition coefficient (Wildman–Crippen LogP) is 3.51. The van der Waals surface area contributed by atoms with Crippen molar-refractivity contribution < 1.29 is 9.53 Å². The molecule has 5 rings (SSSR count). The lowest BCUT2D eigenvalue weighted by atomic mass is 9.72. The molecule has 5 heteroatoms. The lowest BCUT2D eigenvalue weighted by Crippen LogP contribution is -2.69. The van der Waals surface area contributed by atoms with Crippen molar-refractivity contribution in [2.75, 3.05) is 20.2 Å². The summed E-state index contributed by atoms with van der Waals surface area (Å²) in [5, 5.41) is 4.44. The Morgan fingerprint density at radius 3 is 2.71 bits per heavy atom. The predicted molar refractivity (Wildman–Crippen MR) is 98.0 cm³/mol. The van der Waals surface area contributed by atoms with E-state index in [1.54, 1.807) is 7.11 Å². The van der Waals surface area contributed by atoms with Crippen molar-refractivity contribution in [3.8, 4) is 5.75 Å². The first kappa shape index (κ1) is 15.9. The molecule has 1 N–H and O–H groups in total. The zero-order valence-electron chi connectivity index (χ0n) is 14.5. The van der Waals surface area contributed by atoms with Crippen LogP contribution in [0.2, 0.25) is 0 Å². The van der Waals surface area contributed by atoms with Gasteiger partial charge in [-0.05, 0) is 75.3 Å². The van der Waals surface area contributed by atoms with Gasteiger partial charge in [-0.3, -0.25) is 9.69 Å². The lowest BCUT2D eigenvalue weighted by molar-refractivity contribution is -0.0377. The van der Waals surface area contributed by atoms with E-state index < -0.39 is 0 Å². The maximum atomic E-state index is 12.9. The van der Waals surface area contributed by atoms with Crippen molar-refractivity contribution in [1.29, 1.82) is 0 Å². The van der Waals surface area contributed by atoms with Gasteiger partial charge in [0.05, 0.1) is 12.0 Å². The molecule has 1 atom stereocenters. The van der Waals surface area contributed by atoms with Crippen molar-refractivity contribution in [2.24, 2.45) is 5.92 Å². The molecule has 0 radical (unpaired) electrons. The largest absolute Gasteiger partial charge is 0.497 e. The van der Waals surface area contributed by atoms with E-state index in [-0.39, 0.29) is 17.5 Å². The smallest absolute Gasteiger partial charge is 0.261 e. The number of rotatable bonds is 3. The number of piperidine rings is 3. The molecule has 4 heterocycles. The van der Waals surface area contributed by atoms with E-state index in [1.165, 1.54) is 24.2 Å². The summed E-state index contributed by atoms with van der Waals surface area (Å²) in [7, 11) is 1.66. The number of nitrogens with one attached hydrogen (secondary N) is 1. The number of hydrogen-bond acceptors (Lipinski definition) is 4.